The molecule has 0 aliphatic carbocycles. The summed E-state index contributed by atoms with van der Waals surface area (Å²) < 4.78 is 0. The molecule has 2 rings (SSSR count). The lowest BCUT2D eigenvalue weighted by Crippen LogP contribution is -2.41. The van der Waals surface area contributed by atoms with E-state index in [2.05, 4.69) is 34.0 Å². The topological polar surface area (TPSA) is 58.1 Å². The van der Waals surface area contributed by atoms with E-state index in [4.69, 9.17) is 0 Å². The Hall–Kier alpha value is -2.43. The van der Waals surface area contributed by atoms with E-state index < -0.39 is 0 Å². The summed E-state index contributed by atoms with van der Waals surface area (Å²) in [6.45, 7) is 11.6. The number of hydrogen-bond acceptors (Lipinski definition) is 4. The number of amides is 1. The van der Waals surface area contributed by atoms with Crippen molar-refractivity contribution in [3.63, 3.8) is 0 Å². The van der Waals surface area contributed by atoms with Gasteiger partial charge < -0.3 is 10.2 Å². The number of carbonyl (C=O) groups is 1. The van der Waals surface area contributed by atoms with Gasteiger partial charge in [-0.1, -0.05) is 30.3 Å². The van der Waals surface area contributed by atoms with Crippen LogP contribution in [0.25, 0.3) is 11.4 Å². The second kappa shape index (κ2) is 7.43. The normalized spacial score (nSPS) is 11.2. The molecule has 0 atom stereocenters. The third kappa shape index (κ3) is 4.54. The summed E-state index contributed by atoms with van der Waals surface area (Å²) in [5, 5.41) is 2.97. The third-order valence-electron chi connectivity index (χ3n) is 3.55. The summed E-state index contributed by atoms with van der Waals surface area (Å²) >= 11 is 0. The first kappa shape index (κ1) is 17.9. The summed E-state index contributed by atoms with van der Waals surface area (Å²) in [5.74, 6) is 1.16. The van der Waals surface area contributed by atoms with Crippen molar-refractivity contribution in [2.75, 3.05) is 18.0 Å². The van der Waals surface area contributed by atoms with Gasteiger partial charge >= 0.3 is 0 Å². The van der Waals surface area contributed by atoms with E-state index in [1.165, 1.54) is 0 Å². The van der Waals surface area contributed by atoms with E-state index in [0.717, 1.165) is 24.5 Å². The van der Waals surface area contributed by atoms with Gasteiger partial charge in [0, 0.05) is 30.3 Å². The Kier molecular flexibility index (Phi) is 5.54. The van der Waals surface area contributed by atoms with Crippen molar-refractivity contribution in [3.05, 3.63) is 42.1 Å². The maximum Gasteiger partial charge on any atom is 0.270 e. The molecule has 2 aromatic rings. The molecule has 0 saturated carbocycles. The van der Waals surface area contributed by atoms with Crippen molar-refractivity contribution in [2.45, 2.75) is 40.2 Å². The summed E-state index contributed by atoms with van der Waals surface area (Å²) in [6.07, 6.45) is 0. The van der Waals surface area contributed by atoms with Gasteiger partial charge in [0.25, 0.3) is 5.91 Å². The molecule has 1 aromatic heterocycles. The zero-order chi connectivity index (χ0) is 17.7. The molecule has 1 N–H and O–H groups in total. The monoisotopic (exact) mass is 326 g/mol. The van der Waals surface area contributed by atoms with Crippen LogP contribution in [0.4, 0.5) is 5.82 Å². The van der Waals surface area contributed by atoms with Crippen LogP contribution in [0.1, 0.15) is 45.1 Å². The average molecular weight is 326 g/mol. The molecule has 5 nitrogen and oxygen atoms in total. The Morgan fingerprint density at radius 3 is 2.25 bits per heavy atom. The fourth-order valence-corrected chi connectivity index (χ4v) is 2.38. The number of hydrogen-bond donors (Lipinski definition) is 1. The van der Waals surface area contributed by atoms with Crippen molar-refractivity contribution in [1.29, 1.82) is 0 Å². The molecule has 0 aliphatic rings. The molecular weight excluding hydrogens is 300 g/mol. The van der Waals surface area contributed by atoms with Crippen LogP contribution in [-0.2, 0) is 0 Å². The van der Waals surface area contributed by atoms with Crippen molar-refractivity contribution >= 4 is 11.7 Å². The van der Waals surface area contributed by atoms with Gasteiger partial charge in [0.15, 0.2) is 5.82 Å². The van der Waals surface area contributed by atoms with Gasteiger partial charge in [0.1, 0.15) is 11.5 Å². The third-order valence-corrected chi connectivity index (χ3v) is 3.55. The molecular formula is C19H26N4O. The van der Waals surface area contributed by atoms with Crippen LogP contribution in [0.5, 0.6) is 0 Å². The molecule has 0 fully saturated rings. The van der Waals surface area contributed by atoms with Gasteiger partial charge in [-0.2, -0.15) is 0 Å². The zero-order valence-electron chi connectivity index (χ0n) is 15.1. The molecule has 0 radical (unpaired) electrons. The minimum Gasteiger partial charge on any atom is -0.357 e. The van der Waals surface area contributed by atoms with E-state index in [-0.39, 0.29) is 11.4 Å². The molecule has 0 saturated heterocycles. The summed E-state index contributed by atoms with van der Waals surface area (Å²) in [7, 11) is 0. The first-order chi connectivity index (χ1) is 11.3. The van der Waals surface area contributed by atoms with Crippen LogP contribution < -0.4 is 10.2 Å². The first-order valence-electron chi connectivity index (χ1n) is 8.36. The Morgan fingerprint density at radius 1 is 1.08 bits per heavy atom. The average Bonchev–Trinajstić information content (AvgIpc) is 2.55. The predicted octanol–water partition coefficient (Wildman–Crippen LogP) is 3.52. The molecule has 0 aliphatic heterocycles. The smallest absolute Gasteiger partial charge is 0.270 e. The number of carbonyl (C=O) groups excluding carboxylic acids is 1. The second-order valence-electron chi connectivity index (χ2n) is 6.68. The highest BCUT2D eigenvalue weighted by atomic mass is 16.2. The molecule has 1 heterocycles. The molecule has 0 bridgehead atoms. The van der Waals surface area contributed by atoms with Gasteiger partial charge in [-0.15, -0.1) is 0 Å². The molecule has 1 aromatic carbocycles. The molecule has 5 heteroatoms. The van der Waals surface area contributed by atoms with Crippen molar-refractivity contribution in [1.82, 2.24) is 15.3 Å². The van der Waals surface area contributed by atoms with Gasteiger partial charge in [-0.3, -0.25) is 4.79 Å². The summed E-state index contributed by atoms with van der Waals surface area (Å²) in [5.41, 5.74) is 0.974. The van der Waals surface area contributed by atoms with Gasteiger partial charge in [-0.25, -0.2) is 9.97 Å². The number of rotatable bonds is 5. The lowest BCUT2D eigenvalue weighted by Gasteiger charge is -2.23. The summed E-state index contributed by atoms with van der Waals surface area (Å²) in [4.78, 5) is 23.8. The second-order valence-corrected chi connectivity index (χ2v) is 6.68. The van der Waals surface area contributed by atoms with Crippen LogP contribution in [-0.4, -0.2) is 34.5 Å². The lowest BCUT2D eigenvalue weighted by atomic mass is 10.1. The van der Waals surface area contributed by atoms with Crippen molar-refractivity contribution in [2.24, 2.45) is 0 Å². The number of benzene rings is 1. The number of nitrogens with one attached hydrogen (secondary N) is 1. The van der Waals surface area contributed by atoms with E-state index in [0.29, 0.717) is 11.5 Å². The van der Waals surface area contributed by atoms with Crippen LogP contribution in [0, 0.1) is 0 Å². The molecule has 24 heavy (non-hydrogen) atoms. The van der Waals surface area contributed by atoms with Gasteiger partial charge in [0.05, 0.1) is 0 Å². The van der Waals surface area contributed by atoms with E-state index in [9.17, 15) is 4.79 Å². The first-order valence-corrected chi connectivity index (χ1v) is 8.36. The fourth-order valence-electron chi connectivity index (χ4n) is 2.38. The SMILES string of the molecule is CCN(CC)c1cc(C(=O)NC(C)(C)C)nc(-c2ccccc2)n1. The fraction of sp³-hybridized carbons (Fsp3) is 0.421. The molecule has 0 spiro atoms. The maximum atomic E-state index is 12.6. The molecule has 0 unspecified atom stereocenters. The Morgan fingerprint density at radius 2 is 1.71 bits per heavy atom. The Labute approximate surface area is 144 Å². The van der Waals surface area contributed by atoms with Gasteiger partial charge in [0.2, 0.25) is 0 Å². The van der Waals surface area contributed by atoms with E-state index >= 15 is 0 Å². The largest absolute Gasteiger partial charge is 0.357 e. The quantitative estimate of drug-likeness (QED) is 0.913. The molecule has 1 amide bonds. The van der Waals surface area contributed by atoms with E-state index in [1.807, 2.05) is 51.1 Å². The lowest BCUT2D eigenvalue weighted by molar-refractivity contribution is 0.0914. The minimum absolute atomic E-state index is 0.185. The van der Waals surface area contributed by atoms with Crippen LogP contribution in [0.2, 0.25) is 0 Å². The predicted molar refractivity (Wildman–Crippen MR) is 98.2 cm³/mol. The zero-order valence-corrected chi connectivity index (χ0v) is 15.1. The maximum absolute atomic E-state index is 12.6. The molecule has 128 valence electrons. The van der Waals surface area contributed by atoms with E-state index in [1.54, 1.807) is 6.07 Å². The highest BCUT2D eigenvalue weighted by Crippen LogP contribution is 2.20. The number of anilines is 1. The van der Waals surface area contributed by atoms with Crippen molar-refractivity contribution < 1.29 is 4.79 Å². The standard InChI is InChI=1S/C19H26N4O/c1-6-23(7-2)16-13-15(18(24)22-19(3,4)5)20-17(21-16)14-11-9-8-10-12-14/h8-13H,6-7H2,1-5H3,(H,22,24). The minimum atomic E-state index is -0.315. The number of aromatic nitrogens is 2. The Balaban J connectivity index is 2.50. The van der Waals surface area contributed by atoms with Crippen LogP contribution in [0.15, 0.2) is 36.4 Å². The Bertz CT molecular complexity index is 688. The van der Waals surface area contributed by atoms with Gasteiger partial charge in [-0.05, 0) is 34.6 Å². The summed E-state index contributed by atoms with van der Waals surface area (Å²) in [6, 6.07) is 11.5. The van der Waals surface area contributed by atoms with Crippen LogP contribution >= 0.6 is 0 Å². The highest BCUT2D eigenvalue weighted by molar-refractivity contribution is 5.94. The van der Waals surface area contributed by atoms with Crippen LogP contribution in [0.3, 0.4) is 0 Å². The highest BCUT2D eigenvalue weighted by Gasteiger charge is 2.19. The number of nitrogens with zero attached hydrogens (tertiary/aromatic N) is 3. The van der Waals surface area contributed by atoms with Crippen molar-refractivity contribution in [3.8, 4) is 11.4 Å².